The Labute approximate surface area is 206 Å². The molecule has 0 aliphatic carbocycles. The van der Waals surface area contributed by atoms with Gasteiger partial charge in [-0.2, -0.15) is 13.2 Å². The lowest BCUT2D eigenvalue weighted by Gasteiger charge is -2.30. The quantitative estimate of drug-likeness (QED) is 0.570. The number of ether oxygens (including phenoxy) is 1. The molecule has 1 aliphatic heterocycles. The number of rotatable bonds is 8. The van der Waals surface area contributed by atoms with E-state index >= 15 is 0 Å². The summed E-state index contributed by atoms with van der Waals surface area (Å²) in [5, 5.41) is 5.35. The minimum absolute atomic E-state index is 0.0171. The van der Waals surface area contributed by atoms with Crippen LogP contribution in [-0.4, -0.2) is 66.0 Å². The molecule has 1 aromatic heterocycles. The summed E-state index contributed by atoms with van der Waals surface area (Å²) in [7, 11) is 1.37. The van der Waals surface area contributed by atoms with E-state index in [0.29, 0.717) is 19.5 Å². The van der Waals surface area contributed by atoms with E-state index in [-0.39, 0.29) is 31.3 Å². The van der Waals surface area contributed by atoms with Crippen LogP contribution in [0.4, 0.5) is 23.7 Å². The predicted octanol–water partition coefficient (Wildman–Crippen LogP) is 2.80. The van der Waals surface area contributed by atoms with E-state index in [1.54, 1.807) is 4.90 Å². The molecule has 194 valence electrons. The Hall–Kier alpha value is -3.83. The van der Waals surface area contributed by atoms with Crippen molar-refractivity contribution in [2.24, 2.45) is 0 Å². The summed E-state index contributed by atoms with van der Waals surface area (Å²) in [6.07, 6.45) is -3.51. The van der Waals surface area contributed by atoms with Gasteiger partial charge in [0.05, 0.1) is 30.9 Å². The lowest BCUT2D eigenvalue weighted by atomic mass is 9.97. The van der Waals surface area contributed by atoms with Crippen LogP contribution in [0.15, 0.2) is 36.5 Å². The lowest BCUT2D eigenvalue weighted by Crippen LogP contribution is -2.39. The summed E-state index contributed by atoms with van der Waals surface area (Å²) in [4.78, 5) is 42.9. The highest BCUT2D eigenvalue weighted by Gasteiger charge is 2.34. The van der Waals surface area contributed by atoms with Gasteiger partial charge in [0.25, 0.3) is 0 Å². The van der Waals surface area contributed by atoms with Gasteiger partial charge in [0.15, 0.2) is 0 Å². The maximum Gasteiger partial charge on any atom is 0.418 e. The summed E-state index contributed by atoms with van der Waals surface area (Å²) < 4.78 is 45.3. The standard InChI is InChI=1S/C24H28F3N5O4/c1-16(33)31-10-8-18-17(14-31)5-3-7-20(18)30-13-22(34)32(11-12-36-23(35)28-2)15-21-19(24(25,26)27)6-4-9-29-21/h3-7,9,30H,8,10-15H2,1-2H3,(H,28,35). The van der Waals surface area contributed by atoms with Gasteiger partial charge in [-0.05, 0) is 35.7 Å². The molecular weight excluding hydrogens is 479 g/mol. The molecule has 3 rings (SSSR count). The van der Waals surface area contributed by atoms with Crippen molar-refractivity contribution in [3.63, 3.8) is 0 Å². The molecule has 0 fully saturated rings. The highest BCUT2D eigenvalue weighted by Crippen LogP contribution is 2.31. The number of halogens is 3. The lowest BCUT2D eigenvalue weighted by molar-refractivity contribution is -0.140. The monoisotopic (exact) mass is 507 g/mol. The van der Waals surface area contributed by atoms with Crippen molar-refractivity contribution < 1.29 is 32.3 Å². The molecule has 0 saturated heterocycles. The van der Waals surface area contributed by atoms with Gasteiger partial charge < -0.3 is 25.2 Å². The maximum absolute atomic E-state index is 13.5. The summed E-state index contributed by atoms with van der Waals surface area (Å²) in [6.45, 7) is 1.60. The summed E-state index contributed by atoms with van der Waals surface area (Å²) >= 11 is 0. The Morgan fingerprint density at radius 1 is 1.19 bits per heavy atom. The average Bonchev–Trinajstić information content (AvgIpc) is 2.85. The van der Waals surface area contributed by atoms with E-state index in [2.05, 4.69) is 15.6 Å². The number of amides is 3. The topological polar surface area (TPSA) is 104 Å². The van der Waals surface area contributed by atoms with Crippen molar-refractivity contribution in [3.8, 4) is 0 Å². The number of pyridine rings is 1. The van der Waals surface area contributed by atoms with Crippen molar-refractivity contribution >= 4 is 23.6 Å². The van der Waals surface area contributed by atoms with Gasteiger partial charge in [-0.3, -0.25) is 14.6 Å². The molecule has 0 saturated carbocycles. The zero-order chi connectivity index (χ0) is 26.3. The first-order valence-electron chi connectivity index (χ1n) is 11.3. The van der Waals surface area contributed by atoms with Crippen molar-refractivity contribution in [2.45, 2.75) is 32.6 Å². The number of aromatic nitrogens is 1. The number of nitrogens with zero attached hydrogens (tertiary/aromatic N) is 3. The van der Waals surface area contributed by atoms with Crippen LogP contribution in [0.2, 0.25) is 0 Å². The second kappa shape index (κ2) is 11.7. The van der Waals surface area contributed by atoms with Gasteiger partial charge in [-0.1, -0.05) is 12.1 Å². The molecule has 12 heteroatoms. The van der Waals surface area contributed by atoms with Gasteiger partial charge >= 0.3 is 12.3 Å². The molecular formula is C24H28F3N5O4. The molecule has 0 radical (unpaired) electrons. The third kappa shape index (κ3) is 6.86. The Kier molecular flexibility index (Phi) is 8.73. The number of anilines is 1. The Morgan fingerprint density at radius 3 is 2.67 bits per heavy atom. The average molecular weight is 508 g/mol. The van der Waals surface area contributed by atoms with Crippen molar-refractivity contribution in [3.05, 3.63) is 58.9 Å². The Bertz CT molecular complexity index is 1110. The minimum Gasteiger partial charge on any atom is -0.448 e. The van der Waals surface area contributed by atoms with Crippen LogP contribution in [0.1, 0.15) is 29.3 Å². The largest absolute Gasteiger partial charge is 0.448 e. The van der Waals surface area contributed by atoms with Crippen LogP contribution in [0.25, 0.3) is 0 Å². The van der Waals surface area contributed by atoms with Gasteiger partial charge in [-0.25, -0.2) is 4.79 Å². The second-order valence-corrected chi connectivity index (χ2v) is 8.18. The number of carbonyl (C=O) groups excluding carboxylic acids is 3. The van der Waals surface area contributed by atoms with Crippen LogP contribution in [0.5, 0.6) is 0 Å². The molecule has 0 spiro atoms. The SMILES string of the molecule is CNC(=O)OCCN(Cc1ncccc1C(F)(F)F)C(=O)CNc1cccc2c1CCN(C(C)=O)C2. The number of hydrogen-bond acceptors (Lipinski definition) is 6. The molecule has 0 unspecified atom stereocenters. The molecule has 2 heterocycles. The van der Waals surface area contributed by atoms with Crippen LogP contribution in [-0.2, 0) is 40.0 Å². The normalized spacial score (nSPS) is 13.0. The number of carbonyl (C=O) groups is 3. The first-order chi connectivity index (χ1) is 17.1. The molecule has 9 nitrogen and oxygen atoms in total. The molecule has 0 bridgehead atoms. The van der Waals surface area contributed by atoms with Gasteiger partial charge in [0.1, 0.15) is 6.61 Å². The molecule has 2 aromatic rings. The smallest absolute Gasteiger partial charge is 0.418 e. The number of benzene rings is 1. The van der Waals surface area contributed by atoms with Crippen LogP contribution >= 0.6 is 0 Å². The zero-order valence-electron chi connectivity index (χ0n) is 20.0. The first-order valence-corrected chi connectivity index (χ1v) is 11.3. The number of alkyl halides is 3. The van der Waals surface area contributed by atoms with E-state index in [4.69, 9.17) is 4.74 Å². The molecule has 1 aliphatic rings. The van der Waals surface area contributed by atoms with Crippen LogP contribution < -0.4 is 10.6 Å². The Balaban J connectivity index is 1.74. The first kappa shape index (κ1) is 26.8. The predicted molar refractivity (Wildman–Crippen MR) is 125 cm³/mol. The fourth-order valence-corrected chi connectivity index (χ4v) is 3.94. The third-order valence-corrected chi connectivity index (χ3v) is 5.83. The van der Waals surface area contributed by atoms with Crippen LogP contribution in [0, 0.1) is 0 Å². The molecule has 1 aromatic carbocycles. The van der Waals surface area contributed by atoms with E-state index in [0.717, 1.165) is 22.9 Å². The Morgan fingerprint density at radius 2 is 1.97 bits per heavy atom. The van der Waals surface area contributed by atoms with Crippen molar-refractivity contribution in [2.75, 3.05) is 38.6 Å². The van der Waals surface area contributed by atoms with E-state index in [9.17, 15) is 27.6 Å². The second-order valence-electron chi connectivity index (χ2n) is 8.18. The highest BCUT2D eigenvalue weighted by molar-refractivity contribution is 5.81. The van der Waals surface area contributed by atoms with E-state index in [1.165, 1.54) is 31.1 Å². The van der Waals surface area contributed by atoms with Gasteiger partial charge in [-0.15, -0.1) is 0 Å². The van der Waals surface area contributed by atoms with E-state index in [1.807, 2.05) is 18.2 Å². The molecule has 0 atom stereocenters. The van der Waals surface area contributed by atoms with Gasteiger partial charge in [0, 0.05) is 38.9 Å². The summed E-state index contributed by atoms with van der Waals surface area (Å²) in [5.41, 5.74) is 1.43. The maximum atomic E-state index is 13.5. The van der Waals surface area contributed by atoms with Crippen molar-refractivity contribution in [1.29, 1.82) is 0 Å². The number of alkyl carbamates (subject to hydrolysis) is 1. The molecule has 36 heavy (non-hydrogen) atoms. The zero-order valence-corrected chi connectivity index (χ0v) is 20.0. The molecule has 2 N–H and O–H groups in total. The van der Waals surface area contributed by atoms with Crippen LogP contribution in [0.3, 0.4) is 0 Å². The minimum atomic E-state index is -4.63. The third-order valence-electron chi connectivity index (χ3n) is 5.83. The van der Waals surface area contributed by atoms with Gasteiger partial charge in [0.2, 0.25) is 11.8 Å². The summed E-state index contributed by atoms with van der Waals surface area (Å²) in [5.74, 6) is -0.510. The molecule has 3 amide bonds. The fourth-order valence-electron chi connectivity index (χ4n) is 3.94. The number of fused-ring (bicyclic) bond motifs is 1. The highest BCUT2D eigenvalue weighted by atomic mass is 19.4. The summed E-state index contributed by atoms with van der Waals surface area (Å²) in [6, 6.07) is 7.63. The number of hydrogen-bond donors (Lipinski definition) is 2. The fraction of sp³-hybridized carbons (Fsp3) is 0.417. The number of nitrogens with one attached hydrogen (secondary N) is 2. The van der Waals surface area contributed by atoms with Crippen molar-refractivity contribution in [1.82, 2.24) is 20.1 Å². The van der Waals surface area contributed by atoms with E-state index < -0.39 is 30.3 Å².